The number of aromatic nitrogens is 4. The Bertz CT molecular complexity index is 1400. The highest BCUT2D eigenvalue weighted by Gasteiger charge is 2.31. The number of nitrogens with zero attached hydrogens (tertiary/aromatic N) is 5. The van der Waals surface area contributed by atoms with Crippen LogP contribution in [0.5, 0.6) is 5.75 Å². The predicted octanol–water partition coefficient (Wildman–Crippen LogP) is 3.27. The Kier molecular flexibility index (Phi) is 5.89. The third-order valence-electron chi connectivity index (χ3n) is 6.21. The Hall–Kier alpha value is -3.56. The highest BCUT2D eigenvalue weighted by atomic mass is 32.2. The van der Waals surface area contributed by atoms with Gasteiger partial charge < -0.3 is 5.11 Å². The molecule has 2 heterocycles. The second-order valence-corrected chi connectivity index (χ2v) is 10.5. The van der Waals surface area contributed by atoms with Crippen LogP contribution in [0.25, 0.3) is 0 Å². The average Bonchev–Trinajstić information content (AvgIpc) is 3.27. The van der Waals surface area contributed by atoms with Crippen LogP contribution in [-0.4, -0.2) is 45.2 Å². The molecular weight excluding hydrogens is 450 g/mol. The number of hydrogen-bond acceptors (Lipinski definition) is 7. The topological polar surface area (TPSA) is 101 Å². The van der Waals surface area contributed by atoms with Crippen LogP contribution in [0.3, 0.4) is 0 Å². The molecule has 0 bridgehead atoms. The zero-order valence-corrected chi connectivity index (χ0v) is 19.6. The number of phenolic OH excluding ortho intramolecular Hbond substituents is 1. The van der Waals surface area contributed by atoms with Crippen LogP contribution in [0.1, 0.15) is 34.1 Å². The summed E-state index contributed by atoms with van der Waals surface area (Å²) in [4.78, 5) is 2.47. The first-order valence-electron chi connectivity index (χ1n) is 11.1. The summed E-state index contributed by atoms with van der Waals surface area (Å²) in [5.41, 5.74) is 4.40. The van der Waals surface area contributed by atoms with Crippen molar-refractivity contribution in [1.29, 1.82) is 0 Å². The van der Waals surface area contributed by atoms with Crippen molar-refractivity contribution < 1.29 is 13.5 Å². The minimum atomic E-state index is -3.66. The molecule has 1 atom stereocenters. The monoisotopic (exact) mass is 475 g/mol. The number of rotatable bonds is 6. The molecule has 0 spiro atoms. The second-order valence-electron chi connectivity index (χ2n) is 8.58. The third-order valence-corrected chi connectivity index (χ3v) is 7.79. The number of aryl methyl sites for hydroxylation is 1. The molecule has 0 aliphatic carbocycles. The minimum Gasteiger partial charge on any atom is -0.508 e. The molecule has 0 amide bonds. The standard InChI is InChI=1S/C25H25N5O3S/c1-18-6-12-23(13-7-18)34(32,33)17-30-25(26-27-28-30)24(20-8-10-22(31)11-9-20)29-15-14-19-4-2-3-5-21(19)16-29/h2-13,24,31H,14-17H2,1H3. The van der Waals surface area contributed by atoms with Gasteiger partial charge in [0.05, 0.1) is 10.9 Å². The zero-order valence-electron chi connectivity index (χ0n) is 18.7. The highest BCUT2D eigenvalue weighted by Crippen LogP contribution is 2.33. The molecule has 1 N–H and O–H groups in total. The van der Waals surface area contributed by atoms with E-state index in [1.807, 2.05) is 31.2 Å². The summed E-state index contributed by atoms with van der Waals surface area (Å²) >= 11 is 0. The molecule has 1 aliphatic rings. The first kappa shape index (κ1) is 22.2. The number of tetrazole rings is 1. The van der Waals surface area contributed by atoms with Gasteiger partial charge in [-0.15, -0.1) is 5.10 Å². The van der Waals surface area contributed by atoms with Crippen LogP contribution in [-0.2, 0) is 28.7 Å². The van der Waals surface area contributed by atoms with Crippen LogP contribution in [0.15, 0.2) is 77.7 Å². The fourth-order valence-electron chi connectivity index (χ4n) is 4.40. The summed E-state index contributed by atoms with van der Waals surface area (Å²) in [6.45, 7) is 3.36. The Morgan fingerprint density at radius 2 is 1.68 bits per heavy atom. The summed E-state index contributed by atoms with van der Waals surface area (Å²) < 4.78 is 27.7. The fourth-order valence-corrected chi connectivity index (χ4v) is 5.60. The van der Waals surface area contributed by atoms with E-state index in [9.17, 15) is 13.5 Å². The van der Waals surface area contributed by atoms with E-state index < -0.39 is 9.84 Å². The van der Waals surface area contributed by atoms with E-state index in [2.05, 4.69) is 32.6 Å². The Morgan fingerprint density at radius 1 is 0.971 bits per heavy atom. The number of phenols is 1. The first-order valence-corrected chi connectivity index (χ1v) is 12.7. The molecule has 9 heteroatoms. The van der Waals surface area contributed by atoms with Crippen molar-refractivity contribution in [3.05, 3.63) is 101 Å². The van der Waals surface area contributed by atoms with Gasteiger partial charge in [-0.2, -0.15) is 0 Å². The maximum atomic E-state index is 13.1. The Labute approximate surface area is 198 Å². The number of aromatic hydroxyl groups is 1. The molecule has 1 aliphatic heterocycles. The van der Waals surface area contributed by atoms with E-state index in [1.54, 1.807) is 36.4 Å². The van der Waals surface area contributed by atoms with E-state index >= 15 is 0 Å². The van der Waals surface area contributed by atoms with Crippen molar-refractivity contribution in [2.24, 2.45) is 0 Å². The number of benzene rings is 3. The van der Waals surface area contributed by atoms with Gasteiger partial charge in [0.2, 0.25) is 0 Å². The maximum Gasteiger partial charge on any atom is 0.198 e. The second kappa shape index (κ2) is 9.00. The zero-order chi connectivity index (χ0) is 23.7. The summed E-state index contributed by atoms with van der Waals surface area (Å²) in [6.07, 6.45) is 0.869. The average molecular weight is 476 g/mol. The van der Waals surface area contributed by atoms with Gasteiger partial charge in [0.1, 0.15) is 5.75 Å². The summed E-state index contributed by atoms with van der Waals surface area (Å²) in [6, 6.07) is 21.6. The molecule has 0 saturated carbocycles. The SMILES string of the molecule is Cc1ccc(S(=O)(=O)Cn2nnnc2C(c2ccc(O)cc2)N2CCc3ccccc3C2)cc1. The molecule has 3 aromatic carbocycles. The van der Waals surface area contributed by atoms with E-state index in [-0.39, 0.29) is 22.6 Å². The van der Waals surface area contributed by atoms with Crippen molar-refractivity contribution in [1.82, 2.24) is 25.1 Å². The lowest BCUT2D eigenvalue weighted by molar-refractivity contribution is 0.195. The summed E-state index contributed by atoms with van der Waals surface area (Å²) in [5, 5.41) is 22.0. The lowest BCUT2D eigenvalue weighted by Crippen LogP contribution is -2.36. The molecule has 0 radical (unpaired) electrons. The van der Waals surface area contributed by atoms with Crippen LogP contribution in [0.2, 0.25) is 0 Å². The molecule has 1 unspecified atom stereocenters. The van der Waals surface area contributed by atoms with Crippen molar-refractivity contribution in [3.8, 4) is 5.75 Å². The lowest BCUT2D eigenvalue weighted by Gasteiger charge is -2.35. The maximum absolute atomic E-state index is 13.1. The van der Waals surface area contributed by atoms with E-state index in [0.717, 1.165) is 24.1 Å². The van der Waals surface area contributed by atoms with Crippen LogP contribution < -0.4 is 0 Å². The normalized spacial score (nSPS) is 15.1. The van der Waals surface area contributed by atoms with E-state index in [1.165, 1.54) is 15.8 Å². The molecule has 0 fully saturated rings. The van der Waals surface area contributed by atoms with Crippen LogP contribution in [0.4, 0.5) is 0 Å². The largest absolute Gasteiger partial charge is 0.508 e. The van der Waals surface area contributed by atoms with Crippen molar-refractivity contribution in [2.45, 2.75) is 36.7 Å². The van der Waals surface area contributed by atoms with Gasteiger partial charge in [-0.1, -0.05) is 54.1 Å². The predicted molar refractivity (Wildman–Crippen MR) is 127 cm³/mol. The van der Waals surface area contributed by atoms with E-state index in [0.29, 0.717) is 12.4 Å². The molecule has 34 heavy (non-hydrogen) atoms. The van der Waals surface area contributed by atoms with Crippen molar-refractivity contribution >= 4 is 9.84 Å². The van der Waals surface area contributed by atoms with Gasteiger partial charge >= 0.3 is 0 Å². The number of sulfone groups is 1. The minimum absolute atomic E-state index is 0.160. The number of fused-ring (bicyclic) bond motifs is 1. The molecule has 5 rings (SSSR count). The van der Waals surface area contributed by atoms with Crippen LogP contribution in [0, 0.1) is 6.92 Å². The first-order chi connectivity index (χ1) is 16.4. The molecule has 8 nitrogen and oxygen atoms in total. The molecular formula is C25H25N5O3S. The highest BCUT2D eigenvalue weighted by molar-refractivity contribution is 7.90. The van der Waals surface area contributed by atoms with Gasteiger partial charge in [-0.05, 0) is 64.7 Å². The van der Waals surface area contributed by atoms with Gasteiger partial charge in [-0.25, -0.2) is 13.1 Å². The van der Waals surface area contributed by atoms with Crippen LogP contribution >= 0.6 is 0 Å². The summed E-state index contributed by atoms with van der Waals surface area (Å²) in [7, 11) is -3.66. The fraction of sp³-hybridized carbons (Fsp3) is 0.240. The van der Waals surface area contributed by atoms with Crippen molar-refractivity contribution in [2.75, 3.05) is 6.54 Å². The van der Waals surface area contributed by atoms with Gasteiger partial charge in [-0.3, -0.25) is 4.90 Å². The smallest absolute Gasteiger partial charge is 0.198 e. The quantitative estimate of drug-likeness (QED) is 0.457. The Balaban J connectivity index is 1.53. The Morgan fingerprint density at radius 3 is 2.41 bits per heavy atom. The van der Waals surface area contributed by atoms with E-state index in [4.69, 9.17) is 0 Å². The molecule has 4 aromatic rings. The third kappa shape index (κ3) is 4.44. The molecule has 174 valence electrons. The lowest BCUT2D eigenvalue weighted by atomic mass is 9.96. The molecule has 1 aromatic heterocycles. The van der Waals surface area contributed by atoms with Gasteiger partial charge in [0, 0.05) is 13.1 Å². The summed E-state index contributed by atoms with van der Waals surface area (Å²) in [5.74, 6) is 0.242. The van der Waals surface area contributed by atoms with Gasteiger partial charge in [0.25, 0.3) is 0 Å². The number of hydrogen-bond donors (Lipinski definition) is 1. The van der Waals surface area contributed by atoms with Gasteiger partial charge in [0.15, 0.2) is 21.5 Å². The van der Waals surface area contributed by atoms with Crippen molar-refractivity contribution in [3.63, 3.8) is 0 Å². The molecule has 0 saturated heterocycles.